The van der Waals surface area contributed by atoms with Crippen molar-refractivity contribution < 1.29 is 4.79 Å². The second kappa shape index (κ2) is 7.10. The lowest BCUT2D eigenvalue weighted by molar-refractivity contribution is 0.101. The Morgan fingerprint density at radius 2 is 1.70 bits per heavy atom. The van der Waals surface area contributed by atoms with E-state index in [1.54, 1.807) is 0 Å². The standard InChI is InChI=1S/C13H9Cl3N8O3/c1-22-12(18-20-21-22)17-10(25)9-11(26)24(13(27)23(2)19-9)8-4-6(15)5(14)3-7(8)16/h3-4H,1-2H3,(H,17,18,21,25). The third kappa shape index (κ3) is 3.44. The molecule has 1 N–H and O–H groups in total. The zero-order chi connectivity index (χ0) is 19.9. The van der Waals surface area contributed by atoms with Gasteiger partial charge in [0.15, 0.2) is 0 Å². The Hall–Kier alpha value is -2.76. The molecule has 0 unspecified atom stereocenters. The van der Waals surface area contributed by atoms with Gasteiger partial charge < -0.3 is 0 Å². The fourth-order valence-electron chi connectivity index (χ4n) is 2.11. The summed E-state index contributed by atoms with van der Waals surface area (Å²) in [4.78, 5) is 37.7. The van der Waals surface area contributed by atoms with Crippen molar-refractivity contribution in [1.29, 1.82) is 0 Å². The van der Waals surface area contributed by atoms with Crippen molar-refractivity contribution in [3.05, 3.63) is 53.7 Å². The minimum Gasteiger partial charge on any atom is -0.288 e. The molecule has 2 aromatic heterocycles. The van der Waals surface area contributed by atoms with E-state index in [-0.39, 0.29) is 26.7 Å². The summed E-state index contributed by atoms with van der Waals surface area (Å²) in [5.41, 5.74) is -2.47. The molecule has 3 aromatic rings. The van der Waals surface area contributed by atoms with E-state index in [1.165, 1.54) is 30.9 Å². The summed E-state index contributed by atoms with van der Waals surface area (Å²) in [5, 5.41) is 16.7. The fourth-order valence-corrected chi connectivity index (χ4v) is 2.73. The van der Waals surface area contributed by atoms with Crippen LogP contribution in [-0.4, -0.2) is 40.5 Å². The van der Waals surface area contributed by atoms with Crippen LogP contribution in [0.5, 0.6) is 0 Å². The Labute approximate surface area is 165 Å². The van der Waals surface area contributed by atoms with E-state index < -0.39 is 22.9 Å². The number of carbonyl (C=O) groups is 1. The molecule has 0 fully saturated rings. The largest absolute Gasteiger partial charge is 0.351 e. The Morgan fingerprint density at radius 1 is 1.04 bits per heavy atom. The molecule has 0 aliphatic carbocycles. The molecule has 27 heavy (non-hydrogen) atoms. The molecule has 0 saturated heterocycles. The molecule has 0 saturated carbocycles. The molecule has 0 radical (unpaired) electrons. The summed E-state index contributed by atoms with van der Waals surface area (Å²) in [6, 6.07) is 2.52. The van der Waals surface area contributed by atoms with Crippen LogP contribution in [0.3, 0.4) is 0 Å². The zero-order valence-electron chi connectivity index (χ0n) is 13.6. The number of halogens is 3. The first-order chi connectivity index (χ1) is 12.7. The predicted octanol–water partition coefficient (Wildman–Crippen LogP) is 0.667. The molecule has 0 spiro atoms. The van der Waals surface area contributed by atoms with E-state index in [0.29, 0.717) is 4.57 Å². The fraction of sp³-hybridized carbons (Fsp3) is 0.154. The van der Waals surface area contributed by atoms with Gasteiger partial charge in [-0.1, -0.05) is 39.9 Å². The van der Waals surface area contributed by atoms with Crippen LogP contribution in [-0.2, 0) is 14.1 Å². The highest BCUT2D eigenvalue weighted by Gasteiger charge is 2.22. The molecular weight excluding hydrogens is 423 g/mol. The molecule has 3 rings (SSSR count). The van der Waals surface area contributed by atoms with Gasteiger partial charge >= 0.3 is 5.69 Å². The van der Waals surface area contributed by atoms with Crippen LogP contribution in [0.2, 0.25) is 15.1 Å². The molecule has 1 aromatic carbocycles. The lowest BCUT2D eigenvalue weighted by Gasteiger charge is -2.11. The molecule has 0 bridgehead atoms. The molecule has 2 heterocycles. The number of tetrazole rings is 1. The number of aryl methyl sites for hydroxylation is 2. The molecule has 14 heteroatoms. The van der Waals surface area contributed by atoms with Crippen molar-refractivity contribution in [1.82, 2.24) is 34.6 Å². The maximum atomic E-state index is 12.8. The average Bonchev–Trinajstić information content (AvgIpc) is 3.00. The quantitative estimate of drug-likeness (QED) is 0.603. The van der Waals surface area contributed by atoms with Gasteiger partial charge in [0, 0.05) is 14.1 Å². The predicted molar refractivity (Wildman–Crippen MR) is 96.9 cm³/mol. The smallest absolute Gasteiger partial charge is 0.288 e. The lowest BCUT2D eigenvalue weighted by Crippen LogP contribution is -2.43. The number of nitrogens with zero attached hydrogens (tertiary/aromatic N) is 7. The van der Waals surface area contributed by atoms with Crippen LogP contribution in [0.15, 0.2) is 21.7 Å². The Morgan fingerprint density at radius 3 is 2.33 bits per heavy atom. The van der Waals surface area contributed by atoms with Gasteiger partial charge in [0.2, 0.25) is 11.6 Å². The van der Waals surface area contributed by atoms with Gasteiger partial charge in [0.25, 0.3) is 11.5 Å². The van der Waals surface area contributed by atoms with Gasteiger partial charge in [-0.2, -0.15) is 5.10 Å². The van der Waals surface area contributed by atoms with Gasteiger partial charge in [-0.05, 0) is 22.6 Å². The van der Waals surface area contributed by atoms with Crippen LogP contribution in [0.4, 0.5) is 5.95 Å². The monoisotopic (exact) mass is 430 g/mol. The van der Waals surface area contributed by atoms with Crippen molar-refractivity contribution in [2.24, 2.45) is 14.1 Å². The number of nitrogens with one attached hydrogen (secondary N) is 1. The minimum atomic E-state index is -1.01. The number of amides is 1. The summed E-state index contributed by atoms with van der Waals surface area (Å²) in [5.74, 6) is -0.937. The van der Waals surface area contributed by atoms with Gasteiger partial charge in [0.1, 0.15) is 0 Å². The number of hydrogen-bond acceptors (Lipinski definition) is 7. The van der Waals surface area contributed by atoms with Crippen LogP contribution in [0, 0.1) is 0 Å². The molecule has 0 aliphatic heterocycles. The maximum absolute atomic E-state index is 12.8. The number of carbonyl (C=O) groups excluding carboxylic acids is 1. The van der Waals surface area contributed by atoms with Gasteiger partial charge in [-0.15, -0.1) is 0 Å². The van der Waals surface area contributed by atoms with Crippen LogP contribution < -0.4 is 16.6 Å². The topological polar surface area (TPSA) is 130 Å². The summed E-state index contributed by atoms with van der Waals surface area (Å²) in [6.45, 7) is 0. The van der Waals surface area contributed by atoms with Gasteiger partial charge in [-0.3, -0.25) is 14.9 Å². The summed E-state index contributed by atoms with van der Waals surface area (Å²) in [6.07, 6.45) is 0. The normalized spacial score (nSPS) is 10.9. The Kier molecular flexibility index (Phi) is 5.00. The van der Waals surface area contributed by atoms with Gasteiger partial charge in [0.05, 0.1) is 20.8 Å². The van der Waals surface area contributed by atoms with Crippen molar-refractivity contribution in [3.63, 3.8) is 0 Å². The van der Waals surface area contributed by atoms with E-state index in [1.807, 2.05) is 0 Å². The van der Waals surface area contributed by atoms with Crippen molar-refractivity contribution in [2.75, 3.05) is 5.32 Å². The first-order valence-electron chi connectivity index (χ1n) is 7.09. The van der Waals surface area contributed by atoms with E-state index in [4.69, 9.17) is 34.8 Å². The highest BCUT2D eigenvalue weighted by Crippen LogP contribution is 2.30. The van der Waals surface area contributed by atoms with E-state index in [0.717, 1.165) is 4.68 Å². The first-order valence-corrected chi connectivity index (χ1v) is 8.23. The van der Waals surface area contributed by atoms with Gasteiger partial charge in [-0.25, -0.2) is 18.7 Å². The Balaban J connectivity index is 2.19. The SMILES string of the molecule is Cn1nnnc1NC(=O)c1nn(C)c(=O)n(-c2cc(Cl)c(Cl)cc2Cl)c1=O. The summed E-state index contributed by atoms with van der Waals surface area (Å²) >= 11 is 17.9. The second-order valence-corrected chi connectivity index (χ2v) is 6.41. The molecular formula is C13H9Cl3N8O3. The highest BCUT2D eigenvalue weighted by molar-refractivity contribution is 6.43. The van der Waals surface area contributed by atoms with E-state index >= 15 is 0 Å². The molecule has 0 atom stereocenters. The van der Waals surface area contributed by atoms with Crippen molar-refractivity contribution >= 4 is 46.7 Å². The zero-order valence-corrected chi connectivity index (χ0v) is 15.9. The van der Waals surface area contributed by atoms with Crippen molar-refractivity contribution in [2.45, 2.75) is 0 Å². The van der Waals surface area contributed by atoms with Crippen LogP contribution in [0.1, 0.15) is 10.5 Å². The molecule has 140 valence electrons. The summed E-state index contributed by atoms with van der Waals surface area (Å²) < 4.78 is 2.65. The minimum absolute atomic E-state index is 0.0151. The molecule has 1 amide bonds. The van der Waals surface area contributed by atoms with E-state index in [2.05, 4.69) is 25.9 Å². The highest BCUT2D eigenvalue weighted by atomic mass is 35.5. The number of aromatic nitrogens is 7. The third-order valence-corrected chi connectivity index (χ3v) is 4.44. The number of benzene rings is 1. The second-order valence-electron chi connectivity index (χ2n) is 5.19. The van der Waals surface area contributed by atoms with Crippen LogP contribution >= 0.6 is 34.8 Å². The van der Waals surface area contributed by atoms with Crippen molar-refractivity contribution in [3.8, 4) is 5.69 Å². The number of rotatable bonds is 3. The molecule has 0 aliphatic rings. The maximum Gasteiger partial charge on any atom is 0.351 e. The van der Waals surface area contributed by atoms with E-state index in [9.17, 15) is 14.4 Å². The molecule has 11 nitrogen and oxygen atoms in total. The number of anilines is 1. The first kappa shape index (κ1) is 19.0. The Bertz CT molecular complexity index is 1180. The average molecular weight is 432 g/mol. The van der Waals surface area contributed by atoms with Crippen LogP contribution in [0.25, 0.3) is 5.69 Å². The summed E-state index contributed by atoms with van der Waals surface area (Å²) in [7, 11) is 2.75. The third-order valence-electron chi connectivity index (χ3n) is 3.41. The lowest BCUT2D eigenvalue weighted by atomic mass is 10.3. The number of hydrogen-bond donors (Lipinski definition) is 1.